The fourth-order valence-electron chi connectivity index (χ4n) is 4.31. The number of phenolic OH excluding ortho intramolecular Hbond substituents is 2. The molecule has 2 aliphatic heterocycles. The lowest BCUT2D eigenvalue weighted by molar-refractivity contribution is -0.114. The molecule has 3 aromatic rings. The van der Waals surface area contributed by atoms with Crippen LogP contribution in [0.4, 0.5) is 5.69 Å². The van der Waals surface area contributed by atoms with E-state index < -0.39 is 11.7 Å². The lowest BCUT2D eigenvalue weighted by atomic mass is 9.88. The number of fused-ring (bicyclic) bond motifs is 3. The van der Waals surface area contributed by atoms with Gasteiger partial charge in [-0.15, -0.1) is 0 Å². The van der Waals surface area contributed by atoms with Gasteiger partial charge in [-0.2, -0.15) is 0 Å². The second kappa shape index (κ2) is 5.03. The van der Waals surface area contributed by atoms with Crippen molar-refractivity contribution < 1.29 is 29.3 Å². The number of benzene rings is 3. The summed E-state index contributed by atoms with van der Waals surface area (Å²) in [5, 5.41) is 23.0. The molecule has 2 heterocycles. The Morgan fingerprint density at radius 3 is 2.44 bits per heavy atom. The Kier molecular flexibility index (Phi) is 2.94. The normalized spacial score (nSPS) is 15.1. The molecule has 1 amide bonds. The molecule has 7 heteroatoms. The van der Waals surface area contributed by atoms with E-state index in [1.165, 1.54) is 25.2 Å². The third kappa shape index (κ3) is 1.75. The molecule has 0 aromatic heterocycles. The number of nitrogens with zero attached hydrogens (tertiary/aromatic N) is 1. The minimum absolute atomic E-state index is 0.0163. The Hall–Kier alpha value is -3.48. The first-order valence-corrected chi connectivity index (χ1v) is 8.43. The molecule has 136 valence electrons. The van der Waals surface area contributed by atoms with Gasteiger partial charge in [-0.25, -0.2) is 0 Å². The third-order valence-corrected chi connectivity index (χ3v) is 5.42. The monoisotopic (exact) mass is 365 g/mol. The van der Waals surface area contributed by atoms with Crippen molar-refractivity contribution in [3.63, 3.8) is 0 Å². The van der Waals surface area contributed by atoms with Gasteiger partial charge in [0.1, 0.15) is 0 Å². The second-order valence-corrected chi connectivity index (χ2v) is 6.67. The Balaban J connectivity index is 2.13. The summed E-state index contributed by atoms with van der Waals surface area (Å²) in [6.07, 6.45) is 0.514. The molecule has 0 spiro atoms. The summed E-state index contributed by atoms with van der Waals surface area (Å²) in [6, 6.07) is 4.64. The van der Waals surface area contributed by atoms with Gasteiger partial charge in [0.05, 0.1) is 25.5 Å². The first-order chi connectivity index (χ1) is 13.0. The van der Waals surface area contributed by atoms with Crippen LogP contribution in [0.1, 0.15) is 15.9 Å². The molecule has 0 bridgehead atoms. The number of carbonyl (C=O) groups is 2. The highest BCUT2D eigenvalue weighted by Gasteiger charge is 2.42. The van der Waals surface area contributed by atoms with E-state index in [1.54, 1.807) is 12.1 Å². The summed E-state index contributed by atoms with van der Waals surface area (Å²) in [7, 11) is 2.88. The molecular weight excluding hydrogens is 350 g/mol. The second-order valence-electron chi connectivity index (χ2n) is 6.67. The Labute approximate surface area is 153 Å². The number of aromatic hydroxyl groups is 2. The summed E-state index contributed by atoms with van der Waals surface area (Å²) < 4.78 is 10.7. The molecule has 27 heavy (non-hydrogen) atoms. The van der Waals surface area contributed by atoms with Crippen LogP contribution < -0.4 is 14.4 Å². The van der Waals surface area contributed by atoms with Crippen LogP contribution in [0.15, 0.2) is 18.2 Å². The van der Waals surface area contributed by atoms with Gasteiger partial charge < -0.3 is 24.6 Å². The van der Waals surface area contributed by atoms with Gasteiger partial charge in [0.15, 0.2) is 23.0 Å². The van der Waals surface area contributed by atoms with E-state index in [9.17, 15) is 19.8 Å². The van der Waals surface area contributed by atoms with Gasteiger partial charge in [-0.05, 0) is 41.0 Å². The van der Waals surface area contributed by atoms with Gasteiger partial charge >= 0.3 is 0 Å². The maximum Gasteiger partial charge on any atom is 0.299 e. The SMILES string of the molecule is COc1cc2c(cc1O)c1c3c4c(cc(O)c(OC)c42)CCN3C(=O)C1=O. The molecule has 2 N–H and O–H groups in total. The highest BCUT2D eigenvalue weighted by atomic mass is 16.5. The highest BCUT2D eigenvalue weighted by molar-refractivity contribution is 6.56. The summed E-state index contributed by atoms with van der Waals surface area (Å²) in [5.41, 5.74) is 1.64. The molecule has 7 nitrogen and oxygen atoms in total. The van der Waals surface area contributed by atoms with Gasteiger partial charge in [0.25, 0.3) is 11.7 Å². The maximum absolute atomic E-state index is 12.7. The first-order valence-electron chi connectivity index (χ1n) is 8.43. The number of carbonyl (C=O) groups excluding carboxylic acids is 2. The number of amides is 1. The number of Topliss-reactive ketones (excluding diaryl/α,β-unsaturated/α-hetero) is 1. The van der Waals surface area contributed by atoms with E-state index in [2.05, 4.69) is 0 Å². The van der Waals surface area contributed by atoms with Crippen LogP contribution >= 0.6 is 0 Å². The molecule has 0 fully saturated rings. The number of hydrogen-bond donors (Lipinski definition) is 2. The predicted molar refractivity (Wildman–Crippen MR) is 98.3 cm³/mol. The van der Waals surface area contributed by atoms with E-state index in [0.29, 0.717) is 40.2 Å². The largest absolute Gasteiger partial charge is 0.504 e. The first kappa shape index (κ1) is 15.7. The van der Waals surface area contributed by atoms with E-state index in [4.69, 9.17) is 9.47 Å². The standard InChI is InChI=1S/C20H15NO6/c1-26-13-7-10-9(6-11(13)22)16-17-14-8(3-4-21(17)20(25)18(16)24)5-12(23)19(27-2)15(10)14/h5-7,22-23H,3-4H2,1-2H3. The van der Waals surface area contributed by atoms with E-state index in [1.807, 2.05) is 0 Å². The van der Waals surface area contributed by atoms with Crippen LogP contribution in [0, 0.1) is 0 Å². The molecule has 0 aliphatic carbocycles. The van der Waals surface area contributed by atoms with Crippen LogP contribution in [-0.2, 0) is 11.2 Å². The third-order valence-electron chi connectivity index (χ3n) is 5.42. The molecular formula is C20H15NO6. The van der Waals surface area contributed by atoms with Gasteiger partial charge in [-0.1, -0.05) is 0 Å². The summed E-state index contributed by atoms with van der Waals surface area (Å²) >= 11 is 0. The Morgan fingerprint density at radius 1 is 0.963 bits per heavy atom. The molecule has 0 radical (unpaired) electrons. The van der Waals surface area contributed by atoms with Crippen molar-refractivity contribution in [2.45, 2.75) is 6.42 Å². The molecule has 2 aliphatic rings. The van der Waals surface area contributed by atoms with E-state index in [-0.39, 0.29) is 28.6 Å². The van der Waals surface area contributed by atoms with Crippen molar-refractivity contribution in [2.24, 2.45) is 0 Å². The van der Waals surface area contributed by atoms with Crippen molar-refractivity contribution in [1.82, 2.24) is 0 Å². The van der Waals surface area contributed by atoms with Crippen molar-refractivity contribution >= 4 is 38.9 Å². The zero-order valence-electron chi connectivity index (χ0n) is 14.6. The van der Waals surface area contributed by atoms with Gasteiger partial charge in [-0.3, -0.25) is 9.59 Å². The van der Waals surface area contributed by atoms with Crippen LogP contribution in [0.25, 0.3) is 21.5 Å². The number of phenols is 2. The molecule has 0 unspecified atom stereocenters. The number of methoxy groups -OCH3 is 2. The molecule has 3 aromatic carbocycles. The van der Waals surface area contributed by atoms with E-state index in [0.717, 1.165) is 5.56 Å². The lowest BCUT2D eigenvalue weighted by Crippen LogP contribution is -2.33. The summed E-state index contributed by atoms with van der Waals surface area (Å²) in [5.74, 6) is -0.850. The number of hydrogen-bond acceptors (Lipinski definition) is 6. The maximum atomic E-state index is 12.7. The van der Waals surface area contributed by atoms with Crippen molar-refractivity contribution in [3.05, 3.63) is 29.3 Å². The Bertz CT molecular complexity index is 1210. The Morgan fingerprint density at radius 2 is 1.74 bits per heavy atom. The topological polar surface area (TPSA) is 96.3 Å². The van der Waals surface area contributed by atoms with Crippen LogP contribution in [0.5, 0.6) is 23.0 Å². The predicted octanol–water partition coefficient (Wildman–Crippen LogP) is 2.51. The minimum atomic E-state index is -0.596. The number of ether oxygens (including phenoxy) is 2. The van der Waals surface area contributed by atoms with Crippen LogP contribution in [0.3, 0.4) is 0 Å². The summed E-state index contributed by atoms with van der Waals surface area (Å²) in [6.45, 7) is 0.360. The number of ketones is 1. The number of anilines is 1. The highest BCUT2D eigenvalue weighted by Crippen LogP contribution is 2.52. The lowest BCUT2D eigenvalue weighted by Gasteiger charge is -2.27. The van der Waals surface area contributed by atoms with Gasteiger partial charge in [0.2, 0.25) is 0 Å². The fraction of sp³-hybridized carbons (Fsp3) is 0.200. The average Bonchev–Trinajstić information content (AvgIpc) is 2.91. The van der Waals surface area contributed by atoms with Crippen LogP contribution in [-0.4, -0.2) is 42.7 Å². The van der Waals surface area contributed by atoms with E-state index >= 15 is 0 Å². The quantitative estimate of drug-likeness (QED) is 0.535. The minimum Gasteiger partial charge on any atom is -0.504 e. The van der Waals surface area contributed by atoms with Crippen molar-refractivity contribution in [1.29, 1.82) is 0 Å². The van der Waals surface area contributed by atoms with Crippen molar-refractivity contribution in [2.75, 3.05) is 25.7 Å². The average molecular weight is 365 g/mol. The van der Waals surface area contributed by atoms with Gasteiger partial charge in [0, 0.05) is 17.3 Å². The number of rotatable bonds is 2. The van der Waals surface area contributed by atoms with Crippen LogP contribution in [0.2, 0.25) is 0 Å². The molecule has 0 saturated heterocycles. The zero-order chi connectivity index (χ0) is 19.0. The fourth-order valence-corrected chi connectivity index (χ4v) is 4.31. The molecule has 0 atom stereocenters. The van der Waals surface area contributed by atoms with Crippen molar-refractivity contribution in [3.8, 4) is 23.0 Å². The smallest absolute Gasteiger partial charge is 0.299 e. The molecule has 5 rings (SSSR count). The summed E-state index contributed by atoms with van der Waals surface area (Å²) in [4.78, 5) is 26.8. The zero-order valence-corrected chi connectivity index (χ0v) is 14.6. The molecule has 0 saturated carbocycles.